The number of hydrogen-bond acceptors (Lipinski definition) is 3. The number of hydrogen-bond donors (Lipinski definition) is 1. The molecule has 0 radical (unpaired) electrons. The number of ether oxygens (including phenoxy) is 1. The summed E-state index contributed by atoms with van der Waals surface area (Å²) in [6, 6.07) is 13.9. The van der Waals surface area contributed by atoms with E-state index >= 15 is 0 Å². The van der Waals surface area contributed by atoms with E-state index in [1.807, 2.05) is 0 Å². The monoisotopic (exact) mass is 483 g/mol. The molecule has 0 aliphatic carbocycles. The number of anilines is 2. The molecule has 1 aliphatic rings. The molecule has 3 aromatic rings. The first-order valence-corrected chi connectivity index (χ1v) is 11.1. The van der Waals surface area contributed by atoms with Gasteiger partial charge in [-0.05, 0) is 60.0 Å². The second kappa shape index (κ2) is 10.5. The summed E-state index contributed by atoms with van der Waals surface area (Å²) < 4.78 is 45.4. The number of methoxy groups -OCH3 is 1. The highest BCUT2D eigenvalue weighted by Gasteiger charge is 2.29. The van der Waals surface area contributed by atoms with Gasteiger partial charge in [-0.15, -0.1) is 0 Å². The van der Waals surface area contributed by atoms with Crippen LogP contribution in [0.15, 0.2) is 60.7 Å². The molecule has 0 spiro atoms. The van der Waals surface area contributed by atoms with E-state index in [9.17, 15) is 22.8 Å². The average molecular weight is 483 g/mol. The topological polar surface area (TPSA) is 61.9 Å². The van der Waals surface area contributed by atoms with Crippen molar-refractivity contribution < 1.29 is 27.5 Å². The number of nitrogens with one attached hydrogen (secondary N) is 1. The molecule has 0 unspecified atom stereocenters. The van der Waals surface area contributed by atoms with E-state index in [0.29, 0.717) is 47.8 Å². The van der Waals surface area contributed by atoms with Crippen LogP contribution in [0.5, 0.6) is 5.75 Å². The molecule has 182 valence electrons. The predicted molar refractivity (Wildman–Crippen MR) is 126 cm³/mol. The molecule has 1 N–H and O–H groups in total. The standard InChI is InChI=1S/C26H24F3N3O3/c1-35-24-10-8-20(30-25(33)14-17-3-6-19(27)7-4-17)15-23(24)32-12-2-11-31(26(32)34)16-18-5-9-21(28)22(29)13-18/h3-10,13,15H,2,11-12,14,16H2,1H3,(H,30,33). The zero-order valence-electron chi connectivity index (χ0n) is 19.1. The molecule has 4 rings (SSSR count). The van der Waals surface area contributed by atoms with Crippen LogP contribution in [0, 0.1) is 17.5 Å². The summed E-state index contributed by atoms with van der Waals surface area (Å²) in [4.78, 5) is 28.9. The molecular formula is C26H24F3N3O3. The summed E-state index contributed by atoms with van der Waals surface area (Å²) in [5.74, 6) is -2.13. The SMILES string of the molecule is COc1ccc(NC(=O)Cc2ccc(F)cc2)cc1N1CCCN(Cc2ccc(F)c(F)c2)C1=O. The van der Waals surface area contributed by atoms with Gasteiger partial charge in [0, 0.05) is 25.3 Å². The molecule has 1 saturated heterocycles. The summed E-state index contributed by atoms with van der Waals surface area (Å²) in [7, 11) is 1.49. The summed E-state index contributed by atoms with van der Waals surface area (Å²) in [6.45, 7) is 1.02. The van der Waals surface area contributed by atoms with Crippen molar-refractivity contribution in [3.05, 3.63) is 89.2 Å². The molecule has 1 aliphatic heterocycles. The molecule has 0 bridgehead atoms. The maximum atomic E-state index is 13.6. The molecule has 0 aromatic heterocycles. The highest BCUT2D eigenvalue weighted by atomic mass is 19.2. The van der Waals surface area contributed by atoms with E-state index in [1.165, 1.54) is 30.2 Å². The zero-order chi connectivity index (χ0) is 24.9. The summed E-state index contributed by atoms with van der Waals surface area (Å²) in [5, 5.41) is 2.80. The third-order valence-corrected chi connectivity index (χ3v) is 5.70. The molecule has 3 aromatic carbocycles. The maximum Gasteiger partial charge on any atom is 0.324 e. The van der Waals surface area contributed by atoms with Crippen molar-refractivity contribution in [2.24, 2.45) is 0 Å². The van der Waals surface area contributed by atoms with Crippen LogP contribution in [0.4, 0.5) is 29.3 Å². The highest BCUT2D eigenvalue weighted by Crippen LogP contribution is 2.34. The lowest BCUT2D eigenvalue weighted by Crippen LogP contribution is -2.49. The first-order valence-electron chi connectivity index (χ1n) is 11.1. The Bertz CT molecular complexity index is 1230. The lowest BCUT2D eigenvalue weighted by molar-refractivity contribution is -0.115. The molecule has 9 heteroatoms. The van der Waals surface area contributed by atoms with Crippen LogP contribution in [0.25, 0.3) is 0 Å². The Morgan fingerprint density at radius 3 is 2.40 bits per heavy atom. The second-order valence-electron chi connectivity index (χ2n) is 8.20. The van der Waals surface area contributed by atoms with Crippen molar-refractivity contribution in [3.8, 4) is 5.75 Å². The molecular weight excluding hydrogens is 459 g/mol. The van der Waals surface area contributed by atoms with Crippen molar-refractivity contribution in [1.82, 2.24) is 4.90 Å². The zero-order valence-corrected chi connectivity index (χ0v) is 19.1. The van der Waals surface area contributed by atoms with Crippen LogP contribution in [0.2, 0.25) is 0 Å². The van der Waals surface area contributed by atoms with E-state index in [0.717, 1.165) is 12.1 Å². The van der Waals surface area contributed by atoms with Crippen molar-refractivity contribution in [3.63, 3.8) is 0 Å². The number of benzene rings is 3. The third kappa shape index (κ3) is 5.74. The maximum absolute atomic E-state index is 13.6. The molecule has 1 heterocycles. The van der Waals surface area contributed by atoms with Gasteiger partial charge >= 0.3 is 6.03 Å². The lowest BCUT2D eigenvalue weighted by Gasteiger charge is -2.36. The fraction of sp³-hybridized carbons (Fsp3) is 0.231. The normalized spacial score (nSPS) is 13.7. The van der Waals surface area contributed by atoms with E-state index in [-0.39, 0.29) is 30.7 Å². The molecule has 35 heavy (non-hydrogen) atoms. The highest BCUT2D eigenvalue weighted by molar-refractivity contribution is 5.97. The van der Waals surface area contributed by atoms with Gasteiger partial charge in [-0.25, -0.2) is 18.0 Å². The van der Waals surface area contributed by atoms with Gasteiger partial charge in [0.1, 0.15) is 11.6 Å². The van der Waals surface area contributed by atoms with Crippen molar-refractivity contribution in [1.29, 1.82) is 0 Å². The van der Waals surface area contributed by atoms with E-state index in [2.05, 4.69) is 5.32 Å². The Kier molecular flexibility index (Phi) is 7.24. The van der Waals surface area contributed by atoms with Gasteiger partial charge in [0.15, 0.2) is 11.6 Å². The number of halogens is 3. The number of rotatable bonds is 7. The number of nitrogens with zero attached hydrogens (tertiary/aromatic N) is 2. The van der Waals surface area contributed by atoms with Gasteiger partial charge in [-0.1, -0.05) is 18.2 Å². The fourth-order valence-corrected chi connectivity index (χ4v) is 3.98. The Balaban J connectivity index is 1.50. The van der Waals surface area contributed by atoms with Gasteiger partial charge in [0.2, 0.25) is 5.91 Å². The van der Waals surface area contributed by atoms with Crippen LogP contribution in [-0.2, 0) is 17.8 Å². The number of carbonyl (C=O) groups excluding carboxylic acids is 2. The minimum Gasteiger partial charge on any atom is -0.495 e. The first-order chi connectivity index (χ1) is 16.8. The molecule has 6 nitrogen and oxygen atoms in total. The van der Waals surface area contributed by atoms with Crippen molar-refractivity contribution >= 4 is 23.3 Å². The van der Waals surface area contributed by atoms with Gasteiger partial charge in [-0.2, -0.15) is 0 Å². The molecule has 1 fully saturated rings. The van der Waals surface area contributed by atoms with Crippen LogP contribution in [0.1, 0.15) is 17.5 Å². The van der Waals surface area contributed by atoms with E-state index in [1.54, 1.807) is 35.2 Å². The van der Waals surface area contributed by atoms with Crippen LogP contribution in [0.3, 0.4) is 0 Å². The first kappa shape index (κ1) is 24.1. The van der Waals surface area contributed by atoms with E-state index in [4.69, 9.17) is 4.74 Å². The Morgan fingerprint density at radius 2 is 1.69 bits per heavy atom. The number of carbonyl (C=O) groups is 2. The fourth-order valence-electron chi connectivity index (χ4n) is 3.98. The molecule has 0 atom stereocenters. The minimum absolute atomic E-state index is 0.0618. The smallest absolute Gasteiger partial charge is 0.324 e. The van der Waals surface area contributed by atoms with Crippen molar-refractivity contribution in [2.75, 3.05) is 30.4 Å². The third-order valence-electron chi connectivity index (χ3n) is 5.70. The quantitative estimate of drug-likeness (QED) is 0.507. The summed E-state index contributed by atoms with van der Waals surface area (Å²) >= 11 is 0. The molecule has 3 amide bonds. The van der Waals surface area contributed by atoms with Gasteiger partial charge in [0.05, 0.1) is 19.2 Å². The van der Waals surface area contributed by atoms with Gasteiger partial charge in [-0.3, -0.25) is 9.69 Å². The lowest BCUT2D eigenvalue weighted by atomic mass is 10.1. The molecule has 0 saturated carbocycles. The Hall–Kier alpha value is -4.01. The van der Waals surface area contributed by atoms with Gasteiger partial charge < -0.3 is 15.0 Å². The van der Waals surface area contributed by atoms with E-state index < -0.39 is 11.6 Å². The van der Waals surface area contributed by atoms with Crippen LogP contribution in [-0.4, -0.2) is 37.0 Å². The minimum atomic E-state index is -0.963. The van der Waals surface area contributed by atoms with Gasteiger partial charge in [0.25, 0.3) is 0 Å². The largest absolute Gasteiger partial charge is 0.495 e. The predicted octanol–water partition coefficient (Wildman–Crippen LogP) is 5.13. The second-order valence-corrected chi connectivity index (χ2v) is 8.20. The summed E-state index contributed by atoms with van der Waals surface area (Å²) in [5.41, 5.74) is 2.09. The van der Waals surface area contributed by atoms with Crippen molar-refractivity contribution in [2.45, 2.75) is 19.4 Å². The number of amides is 3. The van der Waals surface area contributed by atoms with Crippen LogP contribution >= 0.6 is 0 Å². The Labute approximate surface area is 200 Å². The Morgan fingerprint density at radius 1 is 0.943 bits per heavy atom. The van der Waals surface area contributed by atoms with Crippen LogP contribution < -0.4 is 15.0 Å². The average Bonchev–Trinajstić information content (AvgIpc) is 2.84. The summed E-state index contributed by atoms with van der Waals surface area (Å²) in [6.07, 6.45) is 0.714. The number of urea groups is 1.